The van der Waals surface area contributed by atoms with Gasteiger partial charge in [-0.15, -0.1) is 0 Å². The van der Waals surface area contributed by atoms with E-state index in [2.05, 4.69) is 25.6 Å². The average Bonchev–Trinajstić information content (AvgIpc) is 2.66. The quantitative estimate of drug-likeness (QED) is 0.777. The summed E-state index contributed by atoms with van der Waals surface area (Å²) < 4.78 is 44.0. The van der Waals surface area contributed by atoms with E-state index in [0.717, 1.165) is 12.1 Å². The molecule has 0 radical (unpaired) electrons. The number of nitrogens with zero attached hydrogens (tertiary/aromatic N) is 4. The van der Waals surface area contributed by atoms with Crippen molar-refractivity contribution in [3.63, 3.8) is 0 Å². The van der Waals surface area contributed by atoms with E-state index in [1.165, 1.54) is 6.07 Å². The van der Waals surface area contributed by atoms with Crippen molar-refractivity contribution in [3.05, 3.63) is 35.4 Å². The zero-order valence-corrected chi connectivity index (χ0v) is 15.8. The van der Waals surface area contributed by atoms with Crippen molar-refractivity contribution in [3.8, 4) is 0 Å². The molecule has 10 heteroatoms. The third-order valence-corrected chi connectivity index (χ3v) is 4.04. The highest BCUT2D eigenvalue weighted by atomic mass is 19.4. The van der Waals surface area contributed by atoms with E-state index in [-0.39, 0.29) is 12.6 Å². The molecule has 1 saturated heterocycles. The van der Waals surface area contributed by atoms with Crippen LogP contribution in [-0.4, -0.2) is 47.3 Å². The highest BCUT2D eigenvalue weighted by Crippen LogP contribution is 2.29. The number of nitrogens with one attached hydrogen (secondary N) is 2. The second kappa shape index (κ2) is 8.59. The molecule has 0 aliphatic carbocycles. The second-order valence-corrected chi connectivity index (χ2v) is 6.73. The molecule has 7 nitrogen and oxygen atoms in total. The number of halogens is 3. The van der Waals surface area contributed by atoms with E-state index < -0.39 is 11.7 Å². The predicted molar refractivity (Wildman–Crippen MR) is 100 cm³/mol. The summed E-state index contributed by atoms with van der Waals surface area (Å²) in [5, 5.41) is 6.15. The first-order valence-electron chi connectivity index (χ1n) is 9.06. The van der Waals surface area contributed by atoms with Crippen molar-refractivity contribution in [2.75, 3.05) is 41.8 Å². The van der Waals surface area contributed by atoms with Crippen molar-refractivity contribution in [2.45, 2.75) is 32.6 Å². The van der Waals surface area contributed by atoms with Crippen LogP contribution in [0.2, 0.25) is 0 Å². The molecule has 2 heterocycles. The van der Waals surface area contributed by atoms with E-state index in [0.29, 0.717) is 49.7 Å². The number of alkyl halides is 3. The minimum Gasteiger partial charge on any atom is -0.378 e. The Morgan fingerprint density at radius 3 is 2.50 bits per heavy atom. The minimum absolute atomic E-state index is 0.122. The van der Waals surface area contributed by atoms with E-state index in [9.17, 15) is 13.2 Å². The molecule has 1 aromatic heterocycles. The van der Waals surface area contributed by atoms with Crippen molar-refractivity contribution in [2.24, 2.45) is 0 Å². The van der Waals surface area contributed by atoms with Gasteiger partial charge in [-0.3, -0.25) is 0 Å². The summed E-state index contributed by atoms with van der Waals surface area (Å²) in [6.07, 6.45) is -4.37. The molecular weight excluding hydrogens is 373 g/mol. The van der Waals surface area contributed by atoms with Gasteiger partial charge in [0.25, 0.3) is 0 Å². The van der Waals surface area contributed by atoms with Gasteiger partial charge >= 0.3 is 6.18 Å². The lowest BCUT2D eigenvalue weighted by Gasteiger charge is -2.27. The fraction of sp³-hybridized carbons (Fsp3) is 0.500. The Morgan fingerprint density at radius 2 is 1.82 bits per heavy atom. The topological polar surface area (TPSA) is 75.2 Å². The Morgan fingerprint density at radius 1 is 1.11 bits per heavy atom. The van der Waals surface area contributed by atoms with Crippen LogP contribution in [0.1, 0.15) is 25.0 Å². The number of morpholine rings is 1. The van der Waals surface area contributed by atoms with Crippen molar-refractivity contribution >= 4 is 17.8 Å². The summed E-state index contributed by atoms with van der Waals surface area (Å²) in [6, 6.07) is 5.30. The van der Waals surface area contributed by atoms with E-state index in [1.54, 1.807) is 6.07 Å². The van der Waals surface area contributed by atoms with E-state index in [1.807, 2.05) is 18.7 Å². The highest BCUT2D eigenvalue weighted by molar-refractivity contribution is 5.45. The Labute approximate surface area is 161 Å². The monoisotopic (exact) mass is 396 g/mol. The maximum atomic E-state index is 12.9. The van der Waals surface area contributed by atoms with Crippen LogP contribution < -0.4 is 15.5 Å². The fourth-order valence-corrected chi connectivity index (χ4v) is 2.71. The van der Waals surface area contributed by atoms with E-state index >= 15 is 0 Å². The number of hydrogen-bond donors (Lipinski definition) is 2. The average molecular weight is 396 g/mol. The van der Waals surface area contributed by atoms with E-state index in [4.69, 9.17) is 4.74 Å². The first-order chi connectivity index (χ1) is 13.3. The van der Waals surface area contributed by atoms with Gasteiger partial charge in [0.05, 0.1) is 18.8 Å². The van der Waals surface area contributed by atoms with Gasteiger partial charge in [0.15, 0.2) is 0 Å². The van der Waals surface area contributed by atoms with Gasteiger partial charge < -0.3 is 20.3 Å². The van der Waals surface area contributed by atoms with Crippen LogP contribution in [0.25, 0.3) is 0 Å². The lowest BCUT2D eigenvalue weighted by molar-refractivity contribution is -0.137. The molecule has 0 atom stereocenters. The molecule has 0 spiro atoms. The maximum Gasteiger partial charge on any atom is 0.416 e. The summed E-state index contributed by atoms with van der Waals surface area (Å²) in [5.74, 6) is 1.23. The standard InChI is InChI=1S/C18H23F3N6O/c1-12(2)23-16-24-15(25-17(26-16)27-6-8-28-9-7-27)22-11-13-4-3-5-14(10-13)18(19,20)21/h3-5,10,12H,6-9,11H2,1-2H3,(H2,22,23,24,25,26). The molecule has 0 saturated carbocycles. The third-order valence-electron chi connectivity index (χ3n) is 4.04. The number of rotatable bonds is 6. The van der Waals surface area contributed by atoms with Crippen LogP contribution in [0, 0.1) is 0 Å². The first-order valence-corrected chi connectivity index (χ1v) is 9.06. The predicted octanol–water partition coefficient (Wildman–Crippen LogP) is 3.16. The molecule has 0 bridgehead atoms. The third kappa shape index (κ3) is 5.44. The lowest BCUT2D eigenvalue weighted by Crippen LogP contribution is -2.37. The molecule has 0 unspecified atom stereocenters. The van der Waals surface area contributed by atoms with Crippen LogP contribution in [0.4, 0.5) is 31.0 Å². The minimum atomic E-state index is -4.37. The molecule has 28 heavy (non-hydrogen) atoms. The number of benzene rings is 1. The number of ether oxygens (including phenoxy) is 1. The summed E-state index contributed by atoms with van der Waals surface area (Å²) in [6.45, 7) is 6.60. The SMILES string of the molecule is CC(C)Nc1nc(NCc2cccc(C(F)(F)F)c2)nc(N2CCOCC2)n1. The summed E-state index contributed by atoms with van der Waals surface area (Å²) >= 11 is 0. The molecule has 1 aliphatic heterocycles. The molecule has 1 fully saturated rings. The summed E-state index contributed by atoms with van der Waals surface area (Å²) in [5.41, 5.74) is -0.194. The molecule has 152 valence electrons. The van der Waals surface area contributed by atoms with Crippen LogP contribution >= 0.6 is 0 Å². The molecule has 2 aromatic rings. The van der Waals surface area contributed by atoms with Crippen molar-refractivity contribution < 1.29 is 17.9 Å². The molecular formula is C18H23F3N6O. The second-order valence-electron chi connectivity index (χ2n) is 6.73. The zero-order valence-electron chi connectivity index (χ0n) is 15.8. The van der Waals surface area contributed by atoms with Gasteiger partial charge in [-0.05, 0) is 31.5 Å². The first kappa shape index (κ1) is 20.1. The number of hydrogen-bond acceptors (Lipinski definition) is 7. The van der Waals surface area contributed by atoms with Gasteiger partial charge in [-0.2, -0.15) is 28.1 Å². The largest absolute Gasteiger partial charge is 0.416 e. The van der Waals surface area contributed by atoms with Gasteiger partial charge in [0, 0.05) is 25.7 Å². The van der Waals surface area contributed by atoms with Gasteiger partial charge in [0.1, 0.15) is 0 Å². The number of anilines is 3. The summed E-state index contributed by atoms with van der Waals surface area (Å²) in [4.78, 5) is 15.2. The van der Waals surface area contributed by atoms with Crippen molar-refractivity contribution in [1.82, 2.24) is 15.0 Å². The Bertz CT molecular complexity index is 793. The van der Waals surface area contributed by atoms with Crippen LogP contribution in [0.5, 0.6) is 0 Å². The van der Waals surface area contributed by atoms with Gasteiger partial charge in [-0.1, -0.05) is 12.1 Å². The normalized spacial score (nSPS) is 15.0. The molecule has 3 rings (SSSR count). The summed E-state index contributed by atoms with van der Waals surface area (Å²) in [7, 11) is 0. The molecule has 0 amide bonds. The fourth-order valence-electron chi connectivity index (χ4n) is 2.71. The molecule has 1 aromatic carbocycles. The highest BCUT2D eigenvalue weighted by Gasteiger charge is 2.30. The van der Waals surface area contributed by atoms with Crippen LogP contribution in [-0.2, 0) is 17.5 Å². The smallest absolute Gasteiger partial charge is 0.378 e. The Balaban J connectivity index is 1.78. The zero-order chi connectivity index (χ0) is 20.1. The van der Waals surface area contributed by atoms with Crippen LogP contribution in [0.3, 0.4) is 0 Å². The lowest BCUT2D eigenvalue weighted by atomic mass is 10.1. The van der Waals surface area contributed by atoms with Gasteiger partial charge in [0.2, 0.25) is 17.8 Å². The Kier molecular flexibility index (Phi) is 6.18. The molecule has 1 aliphatic rings. The van der Waals surface area contributed by atoms with Crippen LogP contribution in [0.15, 0.2) is 24.3 Å². The molecule has 2 N–H and O–H groups in total. The maximum absolute atomic E-state index is 12.9. The van der Waals surface area contributed by atoms with Gasteiger partial charge in [-0.25, -0.2) is 0 Å². The Hall–Kier alpha value is -2.62. The number of aromatic nitrogens is 3. The van der Waals surface area contributed by atoms with Crippen molar-refractivity contribution in [1.29, 1.82) is 0 Å².